The number of carbonyl (C=O) groups is 8. The minimum absolute atomic E-state index is 0.00540. The first-order chi connectivity index (χ1) is 55.7. The lowest BCUT2D eigenvalue weighted by Gasteiger charge is -2.23. The van der Waals surface area contributed by atoms with Gasteiger partial charge in [-0.15, -0.1) is 11.6 Å². The number of aliphatic carboxylic acids is 2. The van der Waals surface area contributed by atoms with Gasteiger partial charge in [0.15, 0.2) is 12.6 Å². The Balaban J connectivity index is 0.000000306. The molecule has 10 rings (SSSR count). The molecule has 25 nitrogen and oxygen atoms in total. The van der Waals surface area contributed by atoms with Crippen molar-refractivity contribution in [3.63, 3.8) is 0 Å². The van der Waals surface area contributed by atoms with Crippen LogP contribution in [0.3, 0.4) is 0 Å². The summed E-state index contributed by atoms with van der Waals surface area (Å²) in [6, 6.07) is 53.9. The number of carboxylic acids is 2. The quantitative estimate of drug-likeness (QED) is 0.00608. The third-order valence-electron chi connectivity index (χ3n) is 17.1. The number of phenols is 1. The standard InChI is InChI=1S/C29H31NO6.C16H14O2.C14H21NO4.C14H18O5.C8H8O3.C6H11BrO2.CH4ClN/c1-3-30(18-20-14-15-21(34-2)17-27(20)35-16-8-13-28(31)32)29(33)36-19-26-24-11-6-4-9-22(24)23-10-5-7-12-25(23)26;1-11(17)18-10-16-14-8-4-2-6-12(14)13-7-3-5-9-15(13)16;1-3-15-10-11-6-7-12(18-2)9-13(11)19-8-4-5-14(16)17;1-3-18-14(16)5-4-8-19-13-9-12(17-2)7-6-11(13)10-15;1-11-7-3-2-6(5-9)8(10)4-7;1-2-9-6(8)4-3-5-7;2-1-3/h4-7,9-12,14-15,17,26H,3,8,13,16,18-19H2,1-2H3,(H,31,32);2-9,16H,10H2,1H3;6-7,9,15H,3-5,8,10H2,1-2H3,(H,16,17);6-7,9-10H,3-5,8H2,1-2H3;2-5,10H,1H3;2-5H2,1H3;1,3H2. The maximum Gasteiger partial charge on any atom is 0.410 e. The summed E-state index contributed by atoms with van der Waals surface area (Å²) in [4.78, 5) is 89.7. The van der Waals surface area contributed by atoms with Crippen LogP contribution in [-0.4, -0.2) is 168 Å². The Hall–Kier alpha value is -11.2. The third-order valence-corrected chi connectivity index (χ3v) is 17.6. The number of hydrogen-bond donors (Lipinski definition) is 5. The minimum Gasteiger partial charge on any atom is -0.507 e. The van der Waals surface area contributed by atoms with Crippen LogP contribution in [0.4, 0.5) is 4.79 Å². The largest absolute Gasteiger partial charge is 0.507 e. The zero-order valence-electron chi connectivity index (χ0n) is 66.7. The monoisotopic (exact) mass is 1670 g/mol. The van der Waals surface area contributed by atoms with Gasteiger partial charge in [0.2, 0.25) is 0 Å². The van der Waals surface area contributed by atoms with E-state index < -0.39 is 18.0 Å². The first kappa shape index (κ1) is 96.2. The fourth-order valence-electron chi connectivity index (χ4n) is 11.5. The number of nitrogens with zero attached hydrogens (tertiary/aromatic N) is 1. The first-order valence-electron chi connectivity index (χ1n) is 37.5. The highest BCUT2D eigenvalue weighted by Crippen LogP contribution is 2.46. The molecule has 115 heavy (non-hydrogen) atoms. The summed E-state index contributed by atoms with van der Waals surface area (Å²) in [5, 5.41) is 30.7. The van der Waals surface area contributed by atoms with E-state index in [4.69, 9.17) is 74.3 Å². The van der Waals surface area contributed by atoms with Crippen LogP contribution in [0.2, 0.25) is 0 Å². The number of methoxy groups -OCH3 is 4. The van der Waals surface area contributed by atoms with E-state index in [9.17, 15) is 38.4 Å². The van der Waals surface area contributed by atoms with Crippen LogP contribution < -0.4 is 44.2 Å². The molecule has 8 aromatic rings. The lowest BCUT2D eigenvalue weighted by Crippen LogP contribution is -2.32. The molecule has 2 aliphatic rings. The van der Waals surface area contributed by atoms with E-state index in [0.29, 0.717) is 119 Å². The molecular formula is C88H107BrClN3O22. The molecule has 0 unspecified atom stereocenters. The van der Waals surface area contributed by atoms with E-state index in [1.165, 1.54) is 70.7 Å². The van der Waals surface area contributed by atoms with Crippen LogP contribution in [0.15, 0.2) is 170 Å². The Bertz CT molecular complexity index is 4220. The normalized spacial score (nSPS) is 10.8. The number of halogens is 2. The van der Waals surface area contributed by atoms with E-state index in [-0.39, 0.29) is 73.1 Å². The van der Waals surface area contributed by atoms with Crippen molar-refractivity contribution >= 4 is 76.0 Å². The van der Waals surface area contributed by atoms with E-state index >= 15 is 0 Å². The van der Waals surface area contributed by atoms with Crippen molar-refractivity contribution in [2.45, 2.75) is 111 Å². The number of carboxylic acid groups (broad SMARTS) is 2. The van der Waals surface area contributed by atoms with E-state index in [2.05, 4.69) is 80.2 Å². The number of phenolic OH excluding ortho intramolecular Hbond substituents is 1. The van der Waals surface area contributed by atoms with Crippen LogP contribution in [0.25, 0.3) is 22.3 Å². The summed E-state index contributed by atoms with van der Waals surface area (Å²) in [6.45, 7) is 13.8. The van der Waals surface area contributed by atoms with Crippen LogP contribution in [0, 0.1) is 0 Å². The molecule has 0 atom stereocenters. The highest BCUT2D eigenvalue weighted by atomic mass is 79.9. The van der Waals surface area contributed by atoms with Crippen molar-refractivity contribution in [3.8, 4) is 68.2 Å². The fraction of sp³-hybridized carbons (Fsp3) is 0.364. The second-order valence-electron chi connectivity index (χ2n) is 24.8. The molecule has 0 heterocycles. The lowest BCUT2D eigenvalue weighted by atomic mass is 9.98. The lowest BCUT2D eigenvalue weighted by molar-refractivity contribution is -0.144. The molecule has 1 amide bonds. The molecule has 27 heteroatoms. The summed E-state index contributed by atoms with van der Waals surface area (Å²) in [7, 11) is 6.21. The van der Waals surface area contributed by atoms with Gasteiger partial charge in [0.1, 0.15) is 59.2 Å². The summed E-state index contributed by atoms with van der Waals surface area (Å²) < 4.78 is 57.8. The molecule has 0 saturated carbocycles. The molecular weight excluding hydrogens is 1570 g/mol. The molecule has 0 aromatic heterocycles. The van der Waals surface area contributed by atoms with Crippen LogP contribution in [0.5, 0.6) is 46.0 Å². The number of rotatable bonds is 36. The molecule has 0 bridgehead atoms. The Morgan fingerprint density at radius 3 is 1.26 bits per heavy atom. The summed E-state index contributed by atoms with van der Waals surface area (Å²) in [5.74, 6) is 2.13. The SMILES string of the molecule is CC(=O)OCC1c2ccccc2-c2ccccc21.CCN(Cc1ccc(OC)cc1OCCCC(=O)O)C(=O)OCC1c2ccccc2-c2ccccc21.CCNCc1ccc(OC)cc1OCCCC(=O)O.CCOC(=O)CCCBr.CCOC(=O)CCCOc1cc(OC)ccc1C=O.COc1ccc(C=O)c(O)c1.NCCl. The predicted molar refractivity (Wildman–Crippen MR) is 444 cm³/mol. The van der Waals surface area contributed by atoms with E-state index in [1.807, 2.05) is 99.6 Å². The molecule has 0 fully saturated rings. The van der Waals surface area contributed by atoms with Gasteiger partial charge < -0.3 is 83.4 Å². The third kappa shape index (κ3) is 33.8. The highest BCUT2D eigenvalue weighted by Gasteiger charge is 2.31. The Labute approximate surface area is 686 Å². The smallest absolute Gasteiger partial charge is 0.410 e. The molecule has 0 radical (unpaired) electrons. The van der Waals surface area contributed by atoms with Gasteiger partial charge in [-0.3, -0.25) is 33.6 Å². The number of amides is 1. The highest BCUT2D eigenvalue weighted by molar-refractivity contribution is 9.09. The molecule has 0 aliphatic heterocycles. The maximum absolute atomic E-state index is 13.1. The average molecular weight is 1670 g/mol. The van der Waals surface area contributed by atoms with Crippen LogP contribution in [0.1, 0.15) is 152 Å². The van der Waals surface area contributed by atoms with Crippen LogP contribution >= 0.6 is 27.5 Å². The number of aldehydes is 2. The zero-order valence-corrected chi connectivity index (χ0v) is 69.0. The van der Waals surface area contributed by atoms with Gasteiger partial charge in [-0.1, -0.05) is 126 Å². The number of aromatic hydroxyl groups is 1. The topological polar surface area (TPSA) is 340 Å². The molecule has 620 valence electrons. The number of esters is 3. The summed E-state index contributed by atoms with van der Waals surface area (Å²) in [6.07, 6.45) is 4.16. The number of nitrogens with one attached hydrogen (secondary N) is 1. The number of carbonyl (C=O) groups excluding carboxylic acids is 6. The van der Waals surface area contributed by atoms with Gasteiger partial charge >= 0.3 is 35.9 Å². The maximum atomic E-state index is 13.1. The summed E-state index contributed by atoms with van der Waals surface area (Å²) >= 11 is 8.00. The number of fused-ring (bicyclic) bond motifs is 6. The second-order valence-corrected chi connectivity index (χ2v) is 25.9. The van der Waals surface area contributed by atoms with Crippen molar-refractivity contribution in [1.29, 1.82) is 0 Å². The number of ether oxygens (including phenoxy) is 11. The van der Waals surface area contributed by atoms with E-state index in [1.54, 1.807) is 63.5 Å². The molecule has 2 aliphatic carbocycles. The van der Waals surface area contributed by atoms with Gasteiger partial charge in [0, 0.05) is 98.3 Å². The van der Waals surface area contributed by atoms with Crippen molar-refractivity contribution in [2.24, 2.45) is 5.73 Å². The minimum atomic E-state index is -0.864. The molecule has 0 spiro atoms. The molecule has 6 N–H and O–H groups in total. The van der Waals surface area contributed by atoms with E-state index in [0.717, 1.165) is 53.8 Å². The van der Waals surface area contributed by atoms with Crippen molar-refractivity contribution in [1.82, 2.24) is 10.2 Å². The van der Waals surface area contributed by atoms with Crippen LogP contribution in [-0.2, 0) is 56.0 Å². The van der Waals surface area contributed by atoms with Gasteiger partial charge in [0.25, 0.3) is 0 Å². The average Bonchev–Trinajstić information content (AvgIpc) is 1.62. The number of hydrogen-bond acceptors (Lipinski definition) is 22. The fourth-order valence-corrected chi connectivity index (χ4v) is 11.7. The number of nitrogens with two attached hydrogens (primary N) is 1. The first-order valence-corrected chi connectivity index (χ1v) is 39.2. The Morgan fingerprint density at radius 2 is 0.870 bits per heavy atom. The second kappa shape index (κ2) is 55.3. The number of alkyl halides is 2. The Kier molecular flexibility index (Phi) is 46.3. The van der Waals surface area contributed by atoms with Gasteiger partial charge in [0.05, 0.1) is 85.1 Å². The number of benzene rings is 8. The summed E-state index contributed by atoms with van der Waals surface area (Å²) in [5.41, 5.74) is 16.9. The van der Waals surface area contributed by atoms with Crippen molar-refractivity contribution < 1.29 is 106 Å². The molecule has 8 aromatic carbocycles. The van der Waals surface area contributed by atoms with Gasteiger partial charge in [-0.25, -0.2) is 4.79 Å². The Morgan fingerprint density at radius 1 is 0.496 bits per heavy atom. The zero-order chi connectivity index (χ0) is 84.3. The van der Waals surface area contributed by atoms with Crippen molar-refractivity contribution in [3.05, 3.63) is 214 Å². The van der Waals surface area contributed by atoms with Crippen molar-refractivity contribution in [2.75, 3.05) is 99.1 Å². The predicted octanol–water partition coefficient (Wildman–Crippen LogP) is 16.4. The van der Waals surface area contributed by atoms with Gasteiger partial charge in [-0.2, -0.15) is 0 Å². The van der Waals surface area contributed by atoms with Gasteiger partial charge in [-0.05, 0) is 140 Å². The molecule has 0 saturated heterocycles.